The van der Waals surface area contributed by atoms with Crippen molar-refractivity contribution in [2.24, 2.45) is 5.10 Å². The van der Waals surface area contributed by atoms with Gasteiger partial charge in [-0.05, 0) is 34.9 Å². The van der Waals surface area contributed by atoms with Gasteiger partial charge in [-0.25, -0.2) is 4.79 Å². The van der Waals surface area contributed by atoms with Crippen molar-refractivity contribution in [2.45, 2.75) is 24.9 Å². The van der Waals surface area contributed by atoms with E-state index in [4.69, 9.17) is 22.4 Å². The van der Waals surface area contributed by atoms with E-state index in [1.807, 2.05) is 65.7 Å². The van der Waals surface area contributed by atoms with E-state index in [0.29, 0.717) is 5.56 Å². The number of aliphatic carboxylic acids is 2. The molecule has 5 rings (SSSR count). The van der Waals surface area contributed by atoms with Gasteiger partial charge in [0.15, 0.2) is 0 Å². The third-order valence-corrected chi connectivity index (χ3v) is 7.78. The third-order valence-electron chi connectivity index (χ3n) is 6.45. The van der Waals surface area contributed by atoms with Gasteiger partial charge >= 0.3 is 11.9 Å². The summed E-state index contributed by atoms with van der Waals surface area (Å²) in [5, 5.41) is 25.5. The van der Waals surface area contributed by atoms with Crippen molar-refractivity contribution in [3.05, 3.63) is 107 Å². The molecule has 39 heavy (non-hydrogen) atoms. The number of rotatable bonds is 8. The zero-order valence-electron chi connectivity index (χ0n) is 20.5. The molecule has 196 valence electrons. The second kappa shape index (κ2) is 11.2. The van der Waals surface area contributed by atoms with E-state index in [0.717, 1.165) is 45.6 Å². The van der Waals surface area contributed by atoms with Gasteiger partial charge in [0.05, 0.1) is 28.8 Å². The molecule has 10 heteroatoms. The highest BCUT2D eigenvalue weighted by atomic mass is 32.2. The number of anilines is 1. The van der Waals surface area contributed by atoms with Crippen LogP contribution in [-0.4, -0.2) is 49.0 Å². The Morgan fingerprint density at radius 2 is 1.64 bits per heavy atom. The summed E-state index contributed by atoms with van der Waals surface area (Å²) in [5.74, 6) is -3.37. The topological polar surface area (TPSA) is 111 Å². The normalized spacial score (nSPS) is 18.9. The third kappa shape index (κ3) is 5.62. The number of carbonyl (C=O) groups excluding carboxylic acids is 1. The molecule has 2 aliphatic rings. The molecular weight excluding hydrogens is 534 g/mol. The maximum absolute atomic E-state index is 13.0. The van der Waals surface area contributed by atoms with Crippen molar-refractivity contribution in [2.75, 3.05) is 5.01 Å². The monoisotopic (exact) mass is 557 g/mol. The highest BCUT2D eigenvalue weighted by molar-refractivity contribution is 8.26. The van der Waals surface area contributed by atoms with E-state index >= 15 is 0 Å². The number of carboxylic acids is 2. The second-order valence-corrected chi connectivity index (χ2v) is 10.7. The molecule has 1 amide bonds. The smallest absolute Gasteiger partial charge is 0.327 e. The number of thiocarbonyl (C=S) groups is 1. The number of thioether (sulfide) groups is 1. The zero-order valence-corrected chi connectivity index (χ0v) is 22.1. The maximum Gasteiger partial charge on any atom is 0.327 e. The SMILES string of the molecule is O=C(O)CC(C(=O)O)N1C(=O)C(=Cc2ccc(N3N=C(c4ccccc4)CC3c3ccccc3)cc2)SC1=S. The minimum Gasteiger partial charge on any atom is -0.481 e. The first-order valence-electron chi connectivity index (χ1n) is 12.1. The molecule has 2 atom stereocenters. The Hall–Kier alpha value is -4.28. The van der Waals surface area contributed by atoms with Gasteiger partial charge in [0, 0.05) is 6.42 Å². The van der Waals surface area contributed by atoms with Crippen LogP contribution in [0.4, 0.5) is 5.69 Å². The van der Waals surface area contributed by atoms with E-state index < -0.39 is 30.3 Å². The first-order chi connectivity index (χ1) is 18.8. The van der Waals surface area contributed by atoms with Gasteiger partial charge in [-0.3, -0.25) is 19.5 Å². The molecule has 0 radical (unpaired) electrons. The molecular formula is C29H23N3O5S2. The van der Waals surface area contributed by atoms with Crippen molar-refractivity contribution in [1.82, 2.24) is 4.90 Å². The Bertz CT molecular complexity index is 1490. The largest absolute Gasteiger partial charge is 0.481 e. The number of hydrazone groups is 1. The Kier molecular flexibility index (Phi) is 7.58. The molecule has 0 aliphatic carbocycles. The second-order valence-electron chi connectivity index (χ2n) is 8.98. The summed E-state index contributed by atoms with van der Waals surface area (Å²) in [6, 6.07) is 26.3. The zero-order chi connectivity index (χ0) is 27.5. The lowest BCUT2D eigenvalue weighted by molar-refractivity contribution is -0.150. The van der Waals surface area contributed by atoms with Gasteiger partial charge < -0.3 is 10.2 Å². The van der Waals surface area contributed by atoms with E-state index in [1.165, 1.54) is 0 Å². The van der Waals surface area contributed by atoms with Crippen LogP contribution >= 0.6 is 24.0 Å². The Morgan fingerprint density at radius 1 is 1.00 bits per heavy atom. The average molecular weight is 558 g/mol. The van der Waals surface area contributed by atoms with E-state index in [2.05, 4.69) is 24.3 Å². The first-order valence-corrected chi connectivity index (χ1v) is 13.3. The minimum absolute atomic E-state index is 0.0158. The van der Waals surface area contributed by atoms with Gasteiger partial charge in [0.25, 0.3) is 5.91 Å². The molecule has 2 aliphatic heterocycles. The molecule has 1 fully saturated rings. The fourth-order valence-corrected chi connectivity index (χ4v) is 5.92. The summed E-state index contributed by atoms with van der Waals surface area (Å²) in [5.41, 5.74) is 4.81. The molecule has 8 nitrogen and oxygen atoms in total. The molecule has 2 heterocycles. The Morgan fingerprint density at radius 3 is 2.26 bits per heavy atom. The number of hydrogen-bond donors (Lipinski definition) is 2. The predicted molar refractivity (Wildman–Crippen MR) is 154 cm³/mol. The van der Waals surface area contributed by atoms with E-state index in [-0.39, 0.29) is 15.3 Å². The summed E-state index contributed by atoms with van der Waals surface area (Å²) in [6.07, 6.45) is 1.63. The standard InChI is InChI=1S/C29H23N3O5S2/c33-26(34)17-24(28(36)37)31-27(35)25(39-29(31)38)15-18-11-13-21(14-12-18)32-23(20-9-5-2-6-10-20)16-22(30-32)19-7-3-1-4-8-19/h1-15,23-24H,16-17H2,(H,33,34)(H,36,37). The van der Waals surface area contributed by atoms with Gasteiger partial charge in [-0.15, -0.1) is 0 Å². The molecule has 3 aromatic rings. The summed E-state index contributed by atoms with van der Waals surface area (Å²) < 4.78 is 0.0158. The molecule has 0 bridgehead atoms. The lowest BCUT2D eigenvalue weighted by Crippen LogP contribution is -2.45. The molecule has 2 unspecified atom stereocenters. The van der Waals surface area contributed by atoms with Crippen molar-refractivity contribution in [3.8, 4) is 0 Å². The van der Waals surface area contributed by atoms with Crippen LogP contribution in [0.15, 0.2) is 94.9 Å². The Labute approximate surface area is 234 Å². The number of nitrogens with zero attached hydrogens (tertiary/aromatic N) is 3. The van der Waals surface area contributed by atoms with E-state index in [1.54, 1.807) is 6.08 Å². The molecule has 0 aromatic heterocycles. The number of benzene rings is 3. The number of hydrogen-bond acceptors (Lipinski definition) is 7. The summed E-state index contributed by atoms with van der Waals surface area (Å²) in [4.78, 5) is 36.8. The number of carbonyl (C=O) groups is 3. The first kappa shape index (κ1) is 26.3. The van der Waals surface area contributed by atoms with Crippen LogP contribution in [0, 0.1) is 0 Å². The van der Waals surface area contributed by atoms with Gasteiger partial charge in [-0.2, -0.15) is 5.10 Å². The lowest BCUT2D eigenvalue weighted by atomic mass is 9.98. The quantitative estimate of drug-likeness (QED) is 0.288. The Balaban J connectivity index is 1.41. The van der Waals surface area contributed by atoms with Crippen LogP contribution in [0.2, 0.25) is 0 Å². The van der Waals surface area contributed by atoms with E-state index in [9.17, 15) is 19.5 Å². The molecule has 0 spiro atoms. The fraction of sp³-hybridized carbons (Fsp3) is 0.138. The summed E-state index contributed by atoms with van der Waals surface area (Å²) in [7, 11) is 0. The van der Waals surface area contributed by atoms with Crippen LogP contribution in [-0.2, 0) is 14.4 Å². The number of carboxylic acid groups (broad SMARTS) is 2. The van der Waals surface area contributed by atoms with Gasteiger partial charge in [0.2, 0.25) is 0 Å². The molecule has 0 saturated carbocycles. The molecule has 2 N–H and O–H groups in total. The highest BCUT2D eigenvalue weighted by Gasteiger charge is 2.41. The van der Waals surface area contributed by atoms with Crippen LogP contribution < -0.4 is 5.01 Å². The van der Waals surface area contributed by atoms with Gasteiger partial charge in [-0.1, -0.05) is 96.8 Å². The van der Waals surface area contributed by atoms with Crippen LogP contribution in [0.3, 0.4) is 0 Å². The molecule has 1 saturated heterocycles. The summed E-state index contributed by atoms with van der Waals surface area (Å²) >= 11 is 6.17. The lowest BCUT2D eigenvalue weighted by Gasteiger charge is -2.24. The fourth-order valence-electron chi connectivity index (χ4n) is 4.57. The molecule has 3 aromatic carbocycles. The van der Waals surface area contributed by atoms with Crippen molar-refractivity contribution in [1.29, 1.82) is 0 Å². The predicted octanol–water partition coefficient (Wildman–Crippen LogP) is 5.17. The van der Waals surface area contributed by atoms with Crippen LogP contribution in [0.5, 0.6) is 0 Å². The average Bonchev–Trinajstić information content (AvgIpc) is 3.50. The maximum atomic E-state index is 13.0. The van der Waals surface area contributed by atoms with Crippen LogP contribution in [0.1, 0.15) is 35.6 Å². The minimum atomic E-state index is -1.56. The van der Waals surface area contributed by atoms with Crippen molar-refractivity contribution < 1.29 is 24.6 Å². The summed E-state index contributed by atoms with van der Waals surface area (Å²) in [6.45, 7) is 0. The number of amides is 1. The van der Waals surface area contributed by atoms with Gasteiger partial charge in [0.1, 0.15) is 10.4 Å². The van der Waals surface area contributed by atoms with Crippen molar-refractivity contribution in [3.63, 3.8) is 0 Å². The van der Waals surface area contributed by atoms with Crippen LogP contribution in [0.25, 0.3) is 6.08 Å². The van der Waals surface area contributed by atoms with Crippen molar-refractivity contribution >= 4 is 63.6 Å². The highest BCUT2D eigenvalue weighted by Crippen LogP contribution is 2.38.